The number of benzene rings is 2. The smallest absolute Gasteiger partial charge is 0.0663 e. The molecule has 4 aromatic rings. The molecule has 0 N–H and O–H groups in total. The molecule has 3 heteroatoms. The lowest BCUT2D eigenvalue weighted by Gasteiger charge is -2.31. The first-order chi connectivity index (χ1) is 16.0. The van der Waals surface area contributed by atoms with Crippen LogP contribution in [0.25, 0.3) is 11.1 Å². The minimum absolute atomic E-state index is 0.204. The third-order valence-corrected chi connectivity index (χ3v) is 10.1. The quantitative estimate of drug-likeness (QED) is 0.338. The van der Waals surface area contributed by atoms with Crippen LogP contribution in [0, 0.1) is 13.8 Å². The zero-order chi connectivity index (χ0) is 23.0. The van der Waals surface area contributed by atoms with Crippen LogP contribution in [0.1, 0.15) is 40.8 Å². The second-order valence-electron chi connectivity index (χ2n) is 8.94. The Balaban J connectivity index is 1.93. The Morgan fingerprint density at radius 1 is 0.636 bits per heavy atom. The van der Waals surface area contributed by atoms with E-state index < -0.39 is 8.41 Å². The van der Waals surface area contributed by atoms with E-state index in [1.54, 1.807) is 0 Å². The lowest BCUT2D eigenvalue weighted by Crippen LogP contribution is -2.35. The summed E-state index contributed by atoms with van der Waals surface area (Å²) < 4.78 is 0. The number of allylic oxidation sites excluding steroid dienone is 2. The molecule has 0 spiro atoms. The standard InChI is InChI=1S/C30H28N2Si/c1-21-13-11-19-25(31-21)29-27(23-15-7-5-8-16-23)28(24-17-9-6-10-18-24)30(3,33(29)4)26-20-12-14-22(2)32-26/h5-20H,1-4H3. The third kappa shape index (κ3) is 3.63. The van der Waals surface area contributed by atoms with Gasteiger partial charge >= 0.3 is 0 Å². The molecule has 0 aliphatic carbocycles. The van der Waals surface area contributed by atoms with Gasteiger partial charge in [0.15, 0.2) is 0 Å². The number of hydrogen-bond donors (Lipinski definition) is 0. The summed E-state index contributed by atoms with van der Waals surface area (Å²) in [5, 5.41) is 1.18. The summed E-state index contributed by atoms with van der Waals surface area (Å²) in [6.07, 6.45) is 0. The summed E-state index contributed by atoms with van der Waals surface area (Å²) in [6.45, 7) is 9.00. The van der Waals surface area contributed by atoms with Crippen LogP contribution in [-0.2, 0) is 5.04 Å². The van der Waals surface area contributed by atoms with Crippen LogP contribution in [0.3, 0.4) is 0 Å². The SMILES string of the molecule is Cc1cccc(C2=[Si](C)C(C)(c3cccc(C)n3)C(c3ccccc3)=C2c2ccccc2)n1. The largest absolute Gasteiger partial charge is 0.257 e. The molecule has 1 aliphatic rings. The second-order valence-corrected chi connectivity index (χ2v) is 11.7. The van der Waals surface area contributed by atoms with Crippen molar-refractivity contribution in [2.24, 2.45) is 0 Å². The highest BCUT2D eigenvalue weighted by Crippen LogP contribution is 2.48. The van der Waals surface area contributed by atoms with Gasteiger partial charge in [-0.05, 0) is 72.5 Å². The molecule has 0 saturated carbocycles. The summed E-state index contributed by atoms with van der Waals surface area (Å²) in [5.74, 6) is 0. The Bertz CT molecular complexity index is 1390. The van der Waals surface area contributed by atoms with Crippen LogP contribution in [0.4, 0.5) is 0 Å². The summed E-state index contributed by atoms with van der Waals surface area (Å²) in [7, 11) is -1.14. The van der Waals surface area contributed by atoms with Crippen molar-refractivity contribution in [3.63, 3.8) is 0 Å². The van der Waals surface area contributed by atoms with E-state index in [0.717, 1.165) is 22.8 Å². The minimum atomic E-state index is -1.14. The molecule has 0 saturated heterocycles. The molecule has 0 radical (unpaired) electrons. The zero-order valence-corrected chi connectivity index (χ0v) is 20.6. The van der Waals surface area contributed by atoms with Crippen LogP contribution >= 0.6 is 0 Å². The van der Waals surface area contributed by atoms with Gasteiger partial charge in [0.05, 0.1) is 11.4 Å². The maximum atomic E-state index is 5.08. The maximum Gasteiger partial charge on any atom is 0.0663 e. The fraction of sp³-hybridized carbons (Fsp3) is 0.167. The van der Waals surface area contributed by atoms with Crippen molar-refractivity contribution in [1.29, 1.82) is 0 Å². The predicted octanol–water partition coefficient (Wildman–Crippen LogP) is 6.44. The van der Waals surface area contributed by atoms with Crippen LogP contribution in [0.2, 0.25) is 6.55 Å². The van der Waals surface area contributed by atoms with Crippen molar-refractivity contribution in [2.45, 2.75) is 32.4 Å². The first-order valence-corrected chi connectivity index (χ1v) is 13.5. The van der Waals surface area contributed by atoms with Gasteiger partial charge in [-0.25, -0.2) is 0 Å². The minimum Gasteiger partial charge on any atom is -0.257 e. The monoisotopic (exact) mass is 444 g/mol. The molecule has 0 fully saturated rings. The average molecular weight is 445 g/mol. The van der Waals surface area contributed by atoms with Gasteiger partial charge in [-0.2, -0.15) is 0 Å². The number of aryl methyl sites for hydroxylation is 2. The van der Waals surface area contributed by atoms with E-state index in [4.69, 9.17) is 9.97 Å². The molecule has 2 aromatic carbocycles. The molecule has 0 amide bonds. The molecule has 2 nitrogen and oxygen atoms in total. The highest BCUT2D eigenvalue weighted by molar-refractivity contribution is 6.87. The topological polar surface area (TPSA) is 25.8 Å². The van der Waals surface area contributed by atoms with Crippen LogP contribution < -0.4 is 0 Å². The van der Waals surface area contributed by atoms with Gasteiger partial charge in [-0.15, -0.1) is 0 Å². The van der Waals surface area contributed by atoms with Gasteiger partial charge in [-0.1, -0.05) is 79.3 Å². The summed E-state index contributed by atoms with van der Waals surface area (Å²) in [6, 6.07) is 34.5. The van der Waals surface area contributed by atoms with Crippen LogP contribution in [-0.4, -0.2) is 23.5 Å². The first-order valence-electron chi connectivity index (χ1n) is 11.5. The third-order valence-electron chi connectivity index (χ3n) is 6.80. The van der Waals surface area contributed by atoms with Crippen molar-refractivity contribution in [2.75, 3.05) is 0 Å². The van der Waals surface area contributed by atoms with Crippen molar-refractivity contribution in [3.05, 3.63) is 131 Å². The predicted molar refractivity (Wildman–Crippen MR) is 141 cm³/mol. The van der Waals surface area contributed by atoms with Crippen molar-refractivity contribution >= 4 is 24.7 Å². The number of aromatic nitrogens is 2. The fourth-order valence-electron chi connectivity index (χ4n) is 5.08. The second kappa shape index (κ2) is 8.49. The maximum absolute atomic E-state index is 5.08. The lowest BCUT2D eigenvalue weighted by molar-refractivity contribution is 0.818. The van der Waals surface area contributed by atoms with E-state index in [0.29, 0.717) is 0 Å². The Hall–Kier alpha value is -3.43. The Morgan fingerprint density at radius 3 is 1.82 bits per heavy atom. The van der Waals surface area contributed by atoms with Crippen molar-refractivity contribution in [3.8, 4) is 0 Å². The average Bonchev–Trinajstić information content (AvgIpc) is 3.08. The van der Waals surface area contributed by atoms with Gasteiger partial charge < -0.3 is 0 Å². The molecule has 33 heavy (non-hydrogen) atoms. The van der Waals surface area contributed by atoms with E-state index in [1.165, 1.54) is 27.4 Å². The Labute approximate surface area is 197 Å². The highest BCUT2D eigenvalue weighted by Gasteiger charge is 2.45. The zero-order valence-electron chi connectivity index (χ0n) is 19.6. The lowest BCUT2D eigenvalue weighted by atomic mass is 9.82. The molecule has 2 aromatic heterocycles. The van der Waals surface area contributed by atoms with Crippen LogP contribution in [0.5, 0.6) is 0 Å². The van der Waals surface area contributed by atoms with E-state index in [9.17, 15) is 0 Å². The van der Waals surface area contributed by atoms with E-state index in [1.807, 2.05) is 0 Å². The Kier molecular flexibility index (Phi) is 5.51. The molecule has 0 bridgehead atoms. The number of hydrogen-bond acceptors (Lipinski definition) is 2. The van der Waals surface area contributed by atoms with E-state index >= 15 is 0 Å². The molecule has 5 rings (SSSR count). The first kappa shape index (κ1) is 21.4. The number of rotatable bonds is 4. The van der Waals surface area contributed by atoms with E-state index in [2.05, 4.69) is 124 Å². The normalized spacial score (nSPS) is 18.2. The number of nitrogens with zero attached hydrogens (tertiary/aromatic N) is 2. The molecular weight excluding hydrogens is 416 g/mol. The van der Waals surface area contributed by atoms with E-state index in [-0.39, 0.29) is 5.04 Å². The van der Waals surface area contributed by atoms with Crippen LogP contribution in [0.15, 0.2) is 97.1 Å². The Morgan fingerprint density at radius 2 is 1.21 bits per heavy atom. The molecule has 3 heterocycles. The molecule has 1 atom stereocenters. The van der Waals surface area contributed by atoms with Gasteiger partial charge in [-0.3, -0.25) is 9.97 Å². The van der Waals surface area contributed by atoms with Gasteiger partial charge in [0.2, 0.25) is 0 Å². The summed E-state index contributed by atoms with van der Waals surface area (Å²) in [4.78, 5) is 10.1. The number of pyridine rings is 2. The van der Waals surface area contributed by atoms with Gasteiger partial charge in [0.1, 0.15) is 0 Å². The van der Waals surface area contributed by atoms with Crippen molar-refractivity contribution < 1.29 is 0 Å². The highest BCUT2D eigenvalue weighted by atomic mass is 28.2. The molecular formula is C30H28N2Si. The summed E-state index contributed by atoms with van der Waals surface area (Å²) >= 11 is 0. The van der Waals surface area contributed by atoms with Crippen molar-refractivity contribution in [1.82, 2.24) is 9.97 Å². The molecule has 1 aliphatic heterocycles. The van der Waals surface area contributed by atoms with Gasteiger partial charge in [0.25, 0.3) is 0 Å². The fourth-order valence-corrected chi connectivity index (χ4v) is 7.91. The molecule has 1 unspecified atom stereocenters. The summed E-state index contributed by atoms with van der Waals surface area (Å²) in [5.41, 5.74) is 9.53. The van der Waals surface area contributed by atoms with Gasteiger partial charge in [0, 0.05) is 24.8 Å². The molecule has 162 valence electrons.